The molecule has 0 saturated carbocycles. The van der Waals surface area contributed by atoms with Gasteiger partial charge in [0.1, 0.15) is 12.0 Å². The van der Waals surface area contributed by atoms with Gasteiger partial charge in [0.2, 0.25) is 0 Å². The molecule has 0 heterocycles. The Bertz CT molecular complexity index is 786. The molecule has 0 radical (unpaired) electrons. The topological polar surface area (TPSA) is 41.1 Å². The van der Waals surface area contributed by atoms with Gasteiger partial charge in [-0.05, 0) is 68.7 Å². The van der Waals surface area contributed by atoms with E-state index in [1.165, 1.54) is 5.57 Å². The van der Waals surface area contributed by atoms with Gasteiger partial charge in [-0.25, -0.2) is 4.39 Å². The highest BCUT2D eigenvalue weighted by Crippen LogP contribution is 2.27. The van der Waals surface area contributed by atoms with Gasteiger partial charge in [-0.3, -0.25) is 4.79 Å². The molecule has 0 fully saturated rings. The molecule has 0 bridgehead atoms. The molecule has 0 aliphatic heterocycles. The highest BCUT2D eigenvalue weighted by Gasteiger charge is 2.26. The predicted octanol–water partition coefficient (Wildman–Crippen LogP) is 7.69. The van der Waals surface area contributed by atoms with Gasteiger partial charge < -0.3 is 10.6 Å². The van der Waals surface area contributed by atoms with E-state index >= 15 is 0 Å². The fraction of sp³-hybridized carbons (Fsp3) is 0.536. The number of carbonyl (C=O) groups is 1. The molecule has 33 heavy (non-hydrogen) atoms. The summed E-state index contributed by atoms with van der Waals surface area (Å²) < 4.78 is 14.5. The summed E-state index contributed by atoms with van der Waals surface area (Å²) in [5.41, 5.74) is 3.40. The lowest BCUT2D eigenvalue weighted by Crippen LogP contribution is -2.29. The van der Waals surface area contributed by atoms with Gasteiger partial charge in [0.15, 0.2) is 0 Å². The number of hydrogen-bond donors (Lipinski definition) is 2. The monoisotopic (exact) mass is 478 g/mol. The fourth-order valence-corrected chi connectivity index (χ4v) is 3.03. The van der Waals surface area contributed by atoms with Crippen molar-refractivity contribution < 1.29 is 9.18 Å². The summed E-state index contributed by atoms with van der Waals surface area (Å²) in [4.78, 5) is 11.1. The van der Waals surface area contributed by atoms with Gasteiger partial charge in [-0.2, -0.15) is 0 Å². The average Bonchev–Trinajstić information content (AvgIpc) is 2.76. The molecule has 0 aromatic heterocycles. The van der Waals surface area contributed by atoms with E-state index in [1.54, 1.807) is 13.8 Å². The molecule has 186 valence electrons. The molecule has 5 heteroatoms. The van der Waals surface area contributed by atoms with Crippen LogP contribution in [-0.2, 0) is 4.79 Å². The van der Waals surface area contributed by atoms with E-state index in [4.69, 9.17) is 11.6 Å². The van der Waals surface area contributed by atoms with Gasteiger partial charge in [0.05, 0.1) is 0 Å². The van der Waals surface area contributed by atoms with E-state index in [1.807, 2.05) is 32.3 Å². The lowest BCUT2D eigenvalue weighted by Gasteiger charge is -2.24. The Morgan fingerprint density at radius 3 is 2.36 bits per heavy atom. The molecule has 1 unspecified atom stereocenters. The number of aldehydes is 1. The van der Waals surface area contributed by atoms with Crippen molar-refractivity contribution in [2.75, 3.05) is 13.1 Å². The maximum absolute atomic E-state index is 14.5. The van der Waals surface area contributed by atoms with Crippen LogP contribution in [0.5, 0.6) is 0 Å². The molecule has 0 saturated heterocycles. The van der Waals surface area contributed by atoms with Gasteiger partial charge in [0.25, 0.3) is 0 Å². The first-order chi connectivity index (χ1) is 15.5. The number of carbonyl (C=O) groups excluding carboxylic acids is 1. The van der Waals surface area contributed by atoms with Gasteiger partial charge in [-0.15, -0.1) is 0 Å². The first kappa shape index (κ1) is 30.9. The molecule has 0 aliphatic carbocycles. The van der Waals surface area contributed by atoms with E-state index < -0.39 is 5.67 Å². The maximum Gasteiger partial charge on any atom is 0.145 e. The summed E-state index contributed by atoms with van der Waals surface area (Å²) in [6.45, 7) is 18.4. The Morgan fingerprint density at radius 1 is 1.18 bits per heavy atom. The number of nitrogens with one attached hydrogen (secondary N) is 2. The Hall–Kier alpha value is -2.07. The summed E-state index contributed by atoms with van der Waals surface area (Å²) in [6, 6.07) is 0. The molecule has 1 atom stereocenters. The molecule has 0 aromatic carbocycles. The van der Waals surface area contributed by atoms with Crippen LogP contribution in [0.15, 0.2) is 70.1 Å². The zero-order chi connectivity index (χ0) is 25.4. The highest BCUT2D eigenvalue weighted by molar-refractivity contribution is 6.32. The first-order valence-electron chi connectivity index (χ1n) is 11.9. The van der Waals surface area contributed by atoms with Crippen molar-refractivity contribution in [2.24, 2.45) is 5.92 Å². The van der Waals surface area contributed by atoms with Crippen molar-refractivity contribution in [3.05, 3.63) is 70.1 Å². The molecule has 0 amide bonds. The van der Waals surface area contributed by atoms with Crippen molar-refractivity contribution in [1.82, 2.24) is 10.6 Å². The van der Waals surface area contributed by atoms with Gasteiger partial charge in [0, 0.05) is 36.1 Å². The largest absolute Gasteiger partial charge is 0.390 e. The van der Waals surface area contributed by atoms with Crippen LogP contribution in [0.25, 0.3) is 0 Å². The maximum atomic E-state index is 14.5. The summed E-state index contributed by atoms with van der Waals surface area (Å²) in [5.74, 6) is -0.0472. The van der Waals surface area contributed by atoms with Gasteiger partial charge in [-0.1, -0.05) is 70.0 Å². The second-order valence-corrected chi connectivity index (χ2v) is 9.40. The highest BCUT2D eigenvalue weighted by atomic mass is 35.5. The molecule has 2 N–H and O–H groups in total. The minimum atomic E-state index is -1.22. The minimum absolute atomic E-state index is 0.0472. The summed E-state index contributed by atoms with van der Waals surface area (Å²) in [5, 5.41) is 6.95. The third kappa shape index (κ3) is 12.7. The van der Waals surface area contributed by atoms with Crippen LogP contribution in [0.2, 0.25) is 0 Å². The quantitative estimate of drug-likeness (QED) is 0.103. The number of hydrogen-bond acceptors (Lipinski definition) is 3. The standard InChI is InChI=1S/C28H44ClFN2O/c1-9-11-12-13-26(23(6)10-2)27(24(7)29)19-32-18-25(16-22(5)20-33)17-31-15-14-28(8,30)21(3)4/h12-13,16-17,19-21,31-32H,7,9-11,14-15,18H2,1-6,8H3/b13-12-,22-16?,25-17?,26-23+,27-19-. The molecule has 0 spiro atoms. The SMILES string of the molecule is C=C(Cl)C(=C/NCC(C=C(C)C=O)=CNCCC(C)(F)C(C)C)/C(/C=C\CCC)=C(\C)CC. The smallest absolute Gasteiger partial charge is 0.145 e. The van der Waals surface area contributed by atoms with Crippen LogP contribution in [0, 0.1) is 5.92 Å². The Balaban J connectivity index is 5.59. The van der Waals surface area contributed by atoms with Crippen molar-refractivity contribution in [3.8, 4) is 0 Å². The third-order valence-corrected chi connectivity index (χ3v) is 5.92. The van der Waals surface area contributed by atoms with E-state index in [0.29, 0.717) is 30.1 Å². The normalized spacial score (nSPS) is 16.0. The van der Waals surface area contributed by atoms with Crippen LogP contribution >= 0.6 is 11.6 Å². The predicted molar refractivity (Wildman–Crippen MR) is 143 cm³/mol. The number of halogens is 2. The second-order valence-electron chi connectivity index (χ2n) is 8.94. The minimum Gasteiger partial charge on any atom is -0.390 e. The van der Waals surface area contributed by atoms with E-state index in [-0.39, 0.29) is 5.92 Å². The third-order valence-electron chi connectivity index (χ3n) is 5.71. The molecule has 0 aromatic rings. The Morgan fingerprint density at radius 2 is 1.85 bits per heavy atom. The number of allylic oxidation sites excluding steroid dienone is 7. The van der Waals surface area contributed by atoms with Crippen LogP contribution in [-0.4, -0.2) is 25.0 Å². The lowest BCUT2D eigenvalue weighted by atomic mass is 9.91. The van der Waals surface area contributed by atoms with E-state index in [9.17, 15) is 9.18 Å². The zero-order valence-corrected chi connectivity index (χ0v) is 22.4. The lowest BCUT2D eigenvalue weighted by molar-refractivity contribution is -0.104. The van der Waals surface area contributed by atoms with Crippen LogP contribution < -0.4 is 10.6 Å². The first-order valence-corrected chi connectivity index (χ1v) is 12.3. The van der Waals surface area contributed by atoms with Crippen LogP contribution in [0.1, 0.15) is 74.1 Å². The molecular formula is C28H44ClFN2O. The fourth-order valence-electron chi connectivity index (χ4n) is 2.87. The van der Waals surface area contributed by atoms with Crippen molar-refractivity contribution in [1.29, 1.82) is 0 Å². The summed E-state index contributed by atoms with van der Waals surface area (Å²) in [7, 11) is 0. The molecule has 3 nitrogen and oxygen atoms in total. The Kier molecular flexibility index (Phi) is 15.5. The molecular weight excluding hydrogens is 435 g/mol. The second kappa shape index (κ2) is 16.5. The average molecular weight is 479 g/mol. The molecule has 0 aliphatic rings. The molecule has 0 rings (SSSR count). The van der Waals surface area contributed by atoms with Crippen LogP contribution in [0.3, 0.4) is 0 Å². The summed E-state index contributed by atoms with van der Waals surface area (Å²) in [6.07, 6.45) is 14.0. The van der Waals surface area contributed by atoms with E-state index in [2.05, 4.69) is 50.1 Å². The number of rotatable bonds is 16. The summed E-state index contributed by atoms with van der Waals surface area (Å²) >= 11 is 6.35. The van der Waals surface area contributed by atoms with Crippen molar-refractivity contribution in [2.45, 2.75) is 79.8 Å². The van der Waals surface area contributed by atoms with Gasteiger partial charge >= 0.3 is 0 Å². The number of unbranched alkanes of at least 4 members (excludes halogenated alkanes) is 1. The zero-order valence-electron chi connectivity index (χ0n) is 21.7. The van der Waals surface area contributed by atoms with Crippen LogP contribution in [0.4, 0.5) is 4.39 Å². The number of alkyl halides is 1. The van der Waals surface area contributed by atoms with Crippen molar-refractivity contribution in [3.63, 3.8) is 0 Å². The van der Waals surface area contributed by atoms with Crippen molar-refractivity contribution >= 4 is 17.9 Å². The Labute approximate surface area is 206 Å². The van der Waals surface area contributed by atoms with E-state index in [0.717, 1.165) is 42.3 Å².